The molecule has 0 saturated carbocycles. The Morgan fingerprint density at radius 1 is 1.57 bits per heavy atom. The molecule has 0 bridgehead atoms. The molecule has 1 aliphatic heterocycles. The van der Waals surface area contributed by atoms with Gasteiger partial charge < -0.3 is 25.8 Å². The average Bonchev–Trinajstić information content (AvgIpc) is 2.50. The number of anilines is 1. The fourth-order valence-corrected chi connectivity index (χ4v) is 2.48. The highest BCUT2D eigenvalue weighted by Gasteiger charge is 2.29. The molecule has 8 heteroatoms. The van der Waals surface area contributed by atoms with Crippen molar-refractivity contribution in [2.45, 2.75) is 18.6 Å². The molecule has 116 valence electrons. The molecule has 2 rings (SSSR count). The Kier molecular flexibility index (Phi) is 5.22. The highest BCUT2D eigenvalue weighted by molar-refractivity contribution is 6.33. The summed E-state index contributed by atoms with van der Waals surface area (Å²) in [6.45, 7) is 1.49. The number of nitrogens with two attached hydrogens (primary N) is 1. The highest BCUT2D eigenvalue weighted by atomic mass is 35.5. The van der Waals surface area contributed by atoms with E-state index in [-0.39, 0.29) is 40.2 Å². The first-order chi connectivity index (χ1) is 10.1. The van der Waals surface area contributed by atoms with Crippen molar-refractivity contribution >= 4 is 23.2 Å². The van der Waals surface area contributed by atoms with Crippen LogP contribution in [0.15, 0.2) is 6.20 Å². The molecule has 1 aromatic heterocycles. The SMILES string of the molecule is COc1ncc(Cl)c(N)c1C(=O)NC1CCNCC1OC. The van der Waals surface area contributed by atoms with Crippen molar-refractivity contribution in [2.24, 2.45) is 0 Å². The molecule has 2 atom stereocenters. The molecular weight excluding hydrogens is 296 g/mol. The van der Waals surface area contributed by atoms with Crippen LogP contribution in [0.5, 0.6) is 5.88 Å². The van der Waals surface area contributed by atoms with Crippen molar-refractivity contribution in [2.75, 3.05) is 33.0 Å². The quantitative estimate of drug-likeness (QED) is 0.745. The number of hydrogen-bond donors (Lipinski definition) is 3. The van der Waals surface area contributed by atoms with Gasteiger partial charge in [-0.25, -0.2) is 4.98 Å². The van der Waals surface area contributed by atoms with Crippen LogP contribution in [0.4, 0.5) is 5.69 Å². The first kappa shape index (κ1) is 15.8. The van der Waals surface area contributed by atoms with E-state index in [1.807, 2.05) is 0 Å². The van der Waals surface area contributed by atoms with E-state index >= 15 is 0 Å². The normalized spacial score (nSPS) is 21.9. The van der Waals surface area contributed by atoms with E-state index in [0.29, 0.717) is 6.54 Å². The minimum absolute atomic E-state index is 0.0953. The third-order valence-electron chi connectivity index (χ3n) is 3.50. The second-order valence-corrected chi connectivity index (χ2v) is 5.16. The van der Waals surface area contributed by atoms with Crippen LogP contribution < -0.4 is 21.1 Å². The maximum absolute atomic E-state index is 12.5. The maximum atomic E-state index is 12.5. The van der Waals surface area contributed by atoms with E-state index in [4.69, 9.17) is 26.8 Å². The van der Waals surface area contributed by atoms with Gasteiger partial charge in [-0.2, -0.15) is 0 Å². The number of methoxy groups -OCH3 is 2. The third kappa shape index (κ3) is 3.37. The molecule has 1 amide bonds. The van der Waals surface area contributed by atoms with E-state index in [2.05, 4.69) is 15.6 Å². The first-order valence-corrected chi connectivity index (χ1v) is 6.98. The van der Waals surface area contributed by atoms with Crippen LogP contribution in [0.25, 0.3) is 0 Å². The summed E-state index contributed by atoms with van der Waals surface area (Å²) in [5, 5.41) is 6.35. The molecule has 4 N–H and O–H groups in total. The number of amides is 1. The van der Waals surface area contributed by atoms with Gasteiger partial charge in [0.1, 0.15) is 5.56 Å². The van der Waals surface area contributed by atoms with Gasteiger partial charge in [0.15, 0.2) is 0 Å². The van der Waals surface area contributed by atoms with Crippen LogP contribution in [-0.2, 0) is 4.74 Å². The van der Waals surface area contributed by atoms with Crippen LogP contribution in [-0.4, -0.2) is 50.3 Å². The molecule has 0 aliphatic carbocycles. The number of halogens is 1. The molecule has 1 aromatic rings. The number of nitrogen functional groups attached to an aromatic ring is 1. The van der Waals surface area contributed by atoms with Crippen molar-refractivity contribution in [3.63, 3.8) is 0 Å². The number of pyridine rings is 1. The molecule has 1 saturated heterocycles. The number of nitrogens with one attached hydrogen (secondary N) is 2. The number of rotatable bonds is 4. The fraction of sp³-hybridized carbons (Fsp3) is 0.538. The molecule has 2 unspecified atom stereocenters. The molecule has 0 spiro atoms. The Morgan fingerprint density at radius 3 is 3.00 bits per heavy atom. The second kappa shape index (κ2) is 6.93. The van der Waals surface area contributed by atoms with Crippen LogP contribution >= 0.6 is 11.6 Å². The summed E-state index contributed by atoms with van der Waals surface area (Å²) in [4.78, 5) is 16.5. The number of hydrogen-bond acceptors (Lipinski definition) is 6. The summed E-state index contributed by atoms with van der Waals surface area (Å²) in [5.74, 6) is -0.217. The van der Waals surface area contributed by atoms with E-state index in [9.17, 15) is 4.79 Å². The third-order valence-corrected chi connectivity index (χ3v) is 3.80. The zero-order valence-electron chi connectivity index (χ0n) is 12.0. The molecule has 0 aromatic carbocycles. The Labute approximate surface area is 128 Å². The fourth-order valence-electron chi connectivity index (χ4n) is 2.34. The number of nitrogens with zero attached hydrogens (tertiary/aromatic N) is 1. The van der Waals surface area contributed by atoms with Crippen molar-refractivity contribution in [1.82, 2.24) is 15.6 Å². The summed E-state index contributed by atoms with van der Waals surface area (Å²) >= 11 is 5.93. The molecule has 7 nitrogen and oxygen atoms in total. The van der Waals surface area contributed by atoms with Gasteiger partial charge in [0.05, 0.1) is 36.2 Å². The number of carbonyl (C=O) groups excluding carboxylic acids is 1. The van der Waals surface area contributed by atoms with Gasteiger partial charge >= 0.3 is 0 Å². The Morgan fingerprint density at radius 2 is 2.33 bits per heavy atom. The van der Waals surface area contributed by atoms with Crippen molar-refractivity contribution in [3.8, 4) is 5.88 Å². The maximum Gasteiger partial charge on any atom is 0.259 e. The second-order valence-electron chi connectivity index (χ2n) is 4.75. The van der Waals surface area contributed by atoms with E-state index < -0.39 is 0 Å². The van der Waals surface area contributed by atoms with Crippen molar-refractivity contribution in [3.05, 3.63) is 16.8 Å². The summed E-state index contributed by atoms with van der Waals surface area (Å²) in [6, 6.07) is -0.105. The number of piperidine rings is 1. The standard InChI is InChI=1S/C13H19ClN4O3/c1-20-9-6-16-4-3-8(9)18-12(19)10-11(15)7(14)5-17-13(10)21-2/h5,8-9,16H,3-4,6H2,1-2H3,(H2,15,17)(H,18,19). The van der Waals surface area contributed by atoms with Gasteiger partial charge in [-0.1, -0.05) is 11.6 Å². The van der Waals surface area contributed by atoms with Crippen LogP contribution in [0, 0.1) is 0 Å². The highest BCUT2D eigenvalue weighted by Crippen LogP contribution is 2.28. The van der Waals surface area contributed by atoms with Gasteiger partial charge in [0, 0.05) is 13.7 Å². The van der Waals surface area contributed by atoms with E-state index in [1.165, 1.54) is 13.3 Å². The lowest BCUT2D eigenvalue weighted by molar-refractivity contribution is 0.0476. The van der Waals surface area contributed by atoms with Gasteiger partial charge in [0.2, 0.25) is 5.88 Å². The van der Waals surface area contributed by atoms with Gasteiger partial charge in [-0.3, -0.25) is 4.79 Å². The van der Waals surface area contributed by atoms with E-state index in [0.717, 1.165) is 13.0 Å². The van der Waals surface area contributed by atoms with Gasteiger partial charge in [-0.05, 0) is 13.0 Å². The van der Waals surface area contributed by atoms with Crippen LogP contribution in [0.1, 0.15) is 16.8 Å². The van der Waals surface area contributed by atoms with Crippen molar-refractivity contribution < 1.29 is 14.3 Å². The summed E-state index contributed by atoms with van der Waals surface area (Å²) in [5.41, 5.74) is 6.18. The minimum Gasteiger partial charge on any atom is -0.480 e. The predicted octanol–water partition coefficient (Wildman–Crippen LogP) is 0.432. The zero-order chi connectivity index (χ0) is 15.4. The largest absolute Gasteiger partial charge is 0.480 e. The number of carbonyl (C=O) groups is 1. The Hall–Kier alpha value is -1.57. The molecule has 1 aliphatic rings. The molecule has 2 heterocycles. The lowest BCUT2D eigenvalue weighted by atomic mass is 10.0. The molecular formula is C13H19ClN4O3. The number of ether oxygens (including phenoxy) is 2. The predicted molar refractivity (Wildman–Crippen MR) is 79.7 cm³/mol. The van der Waals surface area contributed by atoms with E-state index in [1.54, 1.807) is 7.11 Å². The summed E-state index contributed by atoms with van der Waals surface area (Å²) in [7, 11) is 3.04. The molecule has 0 radical (unpaired) electrons. The lowest BCUT2D eigenvalue weighted by Gasteiger charge is -2.31. The average molecular weight is 315 g/mol. The molecule has 1 fully saturated rings. The first-order valence-electron chi connectivity index (χ1n) is 6.60. The Balaban J connectivity index is 2.22. The van der Waals surface area contributed by atoms with Crippen LogP contribution in [0.3, 0.4) is 0 Å². The van der Waals surface area contributed by atoms with Gasteiger partial charge in [-0.15, -0.1) is 0 Å². The summed E-state index contributed by atoms with van der Waals surface area (Å²) < 4.78 is 10.5. The monoisotopic (exact) mass is 314 g/mol. The Bertz CT molecular complexity index is 526. The molecule has 21 heavy (non-hydrogen) atoms. The number of aromatic nitrogens is 1. The summed E-state index contributed by atoms with van der Waals surface area (Å²) in [6.07, 6.45) is 2.03. The van der Waals surface area contributed by atoms with Crippen LogP contribution in [0.2, 0.25) is 5.02 Å². The van der Waals surface area contributed by atoms with Crippen molar-refractivity contribution in [1.29, 1.82) is 0 Å². The smallest absolute Gasteiger partial charge is 0.259 e. The topological polar surface area (TPSA) is 98.5 Å². The zero-order valence-corrected chi connectivity index (χ0v) is 12.7. The minimum atomic E-state index is -0.367. The lowest BCUT2D eigenvalue weighted by Crippen LogP contribution is -2.53. The van der Waals surface area contributed by atoms with Gasteiger partial charge in [0.25, 0.3) is 5.91 Å².